The van der Waals surface area contributed by atoms with Crippen molar-refractivity contribution < 1.29 is 9.15 Å². The number of nitrogens with zero attached hydrogens (tertiary/aromatic N) is 2. The third-order valence-electron chi connectivity index (χ3n) is 13.0. The van der Waals surface area contributed by atoms with Crippen molar-refractivity contribution in [3.8, 4) is 5.88 Å². The fourth-order valence-corrected chi connectivity index (χ4v) is 9.21. The second-order valence-electron chi connectivity index (χ2n) is 18.8. The second kappa shape index (κ2) is 23.0. The standard InChI is InChI=1S/2C23H29NO.C15H12O2/c1-4-5-6-7-8-9-14-25-23-21-15-17(2)10-12-19(21)20-13-11-18(3)16-22(20)24-23;1-4-5-6-7-8-9-14-24-22-16-18(3)11-13-20(22)19-12-10-17(2)15-21(19)23(24)25;1-9-3-5-11-12-6-4-10(2)8-14(12)17-15(16)13(11)7-9/h2*10-13,15-16H,4-9,14H2,1-3H3;3-8H,1-2H3. The molecule has 0 saturated carbocycles. The van der Waals surface area contributed by atoms with E-state index in [4.69, 9.17) is 14.1 Å². The van der Waals surface area contributed by atoms with Crippen LogP contribution in [-0.4, -0.2) is 16.2 Å². The molecule has 0 aliphatic carbocycles. The van der Waals surface area contributed by atoms with Gasteiger partial charge in [-0.2, -0.15) is 0 Å². The molecule has 6 nitrogen and oxygen atoms in total. The van der Waals surface area contributed by atoms with Crippen molar-refractivity contribution in [1.29, 1.82) is 0 Å². The maximum Gasteiger partial charge on any atom is 0.344 e. The molecule has 0 fully saturated rings. The first kappa shape index (κ1) is 48.7. The van der Waals surface area contributed by atoms with E-state index in [1.807, 2.05) is 60.9 Å². The van der Waals surface area contributed by atoms with Gasteiger partial charge in [0.1, 0.15) is 5.58 Å². The Morgan fingerprint density at radius 3 is 1.55 bits per heavy atom. The number of fused-ring (bicyclic) bond motifs is 9. The van der Waals surface area contributed by atoms with Crippen molar-refractivity contribution in [2.75, 3.05) is 6.61 Å². The molecule has 0 atom stereocenters. The highest BCUT2D eigenvalue weighted by atomic mass is 16.5. The Morgan fingerprint density at radius 1 is 0.448 bits per heavy atom. The molecule has 0 spiro atoms. The van der Waals surface area contributed by atoms with Crippen molar-refractivity contribution in [3.05, 3.63) is 163 Å². The Labute approximate surface area is 397 Å². The summed E-state index contributed by atoms with van der Waals surface area (Å²) in [4.78, 5) is 29.9. The zero-order chi connectivity index (χ0) is 47.5. The van der Waals surface area contributed by atoms with E-state index < -0.39 is 0 Å². The summed E-state index contributed by atoms with van der Waals surface area (Å²) in [6.45, 7) is 18.4. The van der Waals surface area contributed by atoms with Crippen LogP contribution in [0.1, 0.15) is 124 Å². The van der Waals surface area contributed by atoms with Gasteiger partial charge in [-0.15, -0.1) is 0 Å². The summed E-state index contributed by atoms with van der Waals surface area (Å²) in [5.74, 6) is 0.783. The molecule has 0 saturated heterocycles. The maximum absolute atomic E-state index is 13.1. The van der Waals surface area contributed by atoms with E-state index in [1.165, 1.54) is 97.1 Å². The number of hydrogen-bond acceptors (Lipinski definition) is 5. The summed E-state index contributed by atoms with van der Waals surface area (Å²) >= 11 is 0. The minimum Gasteiger partial charge on any atom is -0.477 e. The number of hydrogen-bond donors (Lipinski definition) is 0. The SMILES string of the molecule is CCCCCCCCOc1nc2cc(C)ccc2c2ccc(C)cc12.CCCCCCCCn1c(=O)c2cc(C)ccc2c2ccc(C)cc21.Cc1ccc2c(c1)oc(=O)c1cc(C)ccc12. The average Bonchev–Trinajstić information content (AvgIpc) is 3.31. The molecule has 3 aromatic heterocycles. The van der Waals surface area contributed by atoms with Gasteiger partial charge in [-0.25, -0.2) is 9.78 Å². The summed E-state index contributed by atoms with van der Waals surface area (Å²) in [6.07, 6.45) is 15.1. The van der Waals surface area contributed by atoms with Crippen molar-refractivity contribution in [1.82, 2.24) is 9.55 Å². The molecule has 3 heterocycles. The smallest absolute Gasteiger partial charge is 0.344 e. The highest BCUT2D eigenvalue weighted by Gasteiger charge is 2.13. The summed E-state index contributed by atoms with van der Waals surface area (Å²) in [5.41, 5.74) is 9.63. The van der Waals surface area contributed by atoms with Crippen LogP contribution in [0.15, 0.2) is 123 Å². The third-order valence-corrected chi connectivity index (χ3v) is 13.0. The van der Waals surface area contributed by atoms with Gasteiger partial charge in [-0.05, 0) is 124 Å². The van der Waals surface area contributed by atoms with Crippen LogP contribution >= 0.6 is 0 Å². The predicted molar refractivity (Wildman–Crippen MR) is 286 cm³/mol. The van der Waals surface area contributed by atoms with Crippen LogP contribution in [0.2, 0.25) is 0 Å². The summed E-state index contributed by atoms with van der Waals surface area (Å²) in [5, 5.41) is 9.27. The third kappa shape index (κ3) is 12.0. The maximum atomic E-state index is 13.1. The zero-order valence-corrected chi connectivity index (χ0v) is 41.3. The monoisotopic (exact) mass is 895 g/mol. The molecule has 67 heavy (non-hydrogen) atoms. The number of aromatic nitrogens is 2. The molecule has 6 aromatic carbocycles. The topological polar surface area (TPSA) is 74.3 Å². The van der Waals surface area contributed by atoms with Gasteiger partial charge in [-0.1, -0.05) is 168 Å². The van der Waals surface area contributed by atoms with Crippen molar-refractivity contribution in [2.45, 2.75) is 139 Å². The molecular weight excluding hydrogens is 825 g/mol. The van der Waals surface area contributed by atoms with Crippen molar-refractivity contribution in [3.63, 3.8) is 0 Å². The van der Waals surface area contributed by atoms with Crippen LogP contribution < -0.4 is 15.9 Å². The number of benzene rings is 6. The lowest BCUT2D eigenvalue weighted by molar-refractivity contribution is 0.298. The van der Waals surface area contributed by atoms with Crippen LogP contribution in [0.3, 0.4) is 0 Å². The van der Waals surface area contributed by atoms with Gasteiger partial charge in [0.05, 0.1) is 23.0 Å². The van der Waals surface area contributed by atoms with Gasteiger partial charge in [-0.3, -0.25) is 4.79 Å². The van der Waals surface area contributed by atoms with E-state index in [2.05, 4.69) is 108 Å². The summed E-state index contributed by atoms with van der Waals surface area (Å²) in [6, 6.07) is 37.5. The quantitative estimate of drug-likeness (QED) is 0.0582. The number of unbranched alkanes of at least 4 members (excludes halogenated alkanes) is 10. The molecule has 0 aliphatic rings. The van der Waals surface area contributed by atoms with Crippen molar-refractivity contribution >= 4 is 65.1 Å². The van der Waals surface area contributed by atoms with Crippen LogP contribution in [0.5, 0.6) is 5.88 Å². The van der Waals surface area contributed by atoms with Gasteiger partial charge in [0.15, 0.2) is 0 Å². The highest BCUT2D eigenvalue weighted by molar-refractivity contribution is 6.08. The predicted octanol–water partition coefficient (Wildman–Crippen LogP) is 16.4. The molecule has 6 heteroatoms. The molecule has 9 aromatic rings. The normalized spacial score (nSPS) is 11.3. The first-order valence-electron chi connectivity index (χ1n) is 24.9. The molecule has 0 radical (unpaired) electrons. The fourth-order valence-electron chi connectivity index (χ4n) is 9.21. The fraction of sp³-hybridized carbons (Fsp3) is 0.361. The van der Waals surface area contributed by atoms with Crippen LogP contribution in [-0.2, 0) is 6.54 Å². The van der Waals surface area contributed by atoms with E-state index in [-0.39, 0.29) is 11.2 Å². The van der Waals surface area contributed by atoms with Crippen LogP contribution in [0.25, 0.3) is 65.1 Å². The molecule has 9 rings (SSSR count). The van der Waals surface area contributed by atoms with Crippen LogP contribution in [0.4, 0.5) is 0 Å². The number of pyridine rings is 2. The number of ether oxygens (including phenoxy) is 1. The van der Waals surface area contributed by atoms with E-state index in [0.29, 0.717) is 11.0 Å². The Morgan fingerprint density at radius 2 is 0.910 bits per heavy atom. The van der Waals surface area contributed by atoms with Gasteiger partial charge in [0, 0.05) is 33.5 Å². The first-order chi connectivity index (χ1) is 32.4. The average molecular weight is 895 g/mol. The van der Waals surface area contributed by atoms with Gasteiger partial charge in [0.2, 0.25) is 5.88 Å². The van der Waals surface area contributed by atoms with Crippen LogP contribution in [0, 0.1) is 41.5 Å². The number of aryl methyl sites for hydroxylation is 7. The first-order valence-corrected chi connectivity index (χ1v) is 24.9. The van der Waals surface area contributed by atoms with Gasteiger partial charge < -0.3 is 13.7 Å². The Bertz CT molecular complexity index is 3270. The lowest BCUT2D eigenvalue weighted by Gasteiger charge is -2.14. The minimum atomic E-state index is -0.262. The van der Waals surface area contributed by atoms with E-state index in [0.717, 1.165) is 86.5 Å². The molecule has 0 N–H and O–H groups in total. The summed E-state index contributed by atoms with van der Waals surface area (Å²) in [7, 11) is 0. The molecular formula is C61H70N2O4. The second-order valence-corrected chi connectivity index (χ2v) is 18.8. The molecule has 0 amide bonds. The number of rotatable bonds is 15. The Kier molecular flexibility index (Phi) is 16.7. The van der Waals surface area contributed by atoms with E-state index >= 15 is 0 Å². The van der Waals surface area contributed by atoms with Gasteiger partial charge in [0.25, 0.3) is 5.56 Å². The highest BCUT2D eigenvalue weighted by Crippen LogP contribution is 2.32. The summed E-state index contributed by atoms with van der Waals surface area (Å²) < 4.78 is 13.5. The molecule has 0 aliphatic heterocycles. The molecule has 0 bridgehead atoms. The lowest BCUT2D eigenvalue weighted by atomic mass is 10.0. The zero-order valence-electron chi connectivity index (χ0n) is 41.3. The Balaban J connectivity index is 0.000000152. The largest absolute Gasteiger partial charge is 0.477 e. The van der Waals surface area contributed by atoms with Crippen molar-refractivity contribution in [2.24, 2.45) is 0 Å². The Hall–Kier alpha value is -6.27. The molecule has 0 unspecified atom stereocenters. The van der Waals surface area contributed by atoms with Gasteiger partial charge >= 0.3 is 5.63 Å². The molecule has 348 valence electrons. The lowest BCUT2D eigenvalue weighted by Crippen LogP contribution is -2.21. The van der Waals surface area contributed by atoms with E-state index in [9.17, 15) is 9.59 Å². The minimum absolute atomic E-state index is 0.158. The van der Waals surface area contributed by atoms with E-state index in [1.54, 1.807) is 0 Å².